The van der Waals surface area contributed by atoms with Crippen LogP contribution in [0.25, 0.3) is 0 Å². The summed E-state index contributed by atoms with van der Waals surface area (Å²) < 4.78 is 10.5. The lowest BCUT2D eigenvalue weighted by molar-refractivity contribution is 0.355. The van der Waals surface area contributed by atoms with Crippen LogP contribution in [0.3, 0.4) is 0 Å². The second-order valence-corrected chi connectivity index (χ2v) is 4.34. The Hall–Kier alpha value is -1.36. The molecule has 0 N–H and O–H groups in total. The van der Waals surface area contributed by atoms with Crippen LogP contribution >= 0.6 is 11.8 Å². The largest absolute Gasteiger partial charge is 0.493 e. The molecule has 16 heavy (non-hydrogen) atoms. The predicted octanol–water partition coefficient (Wildman–Crippen LogP) is 2.00. The number of rotatable bonds is 3. The minimum Gasteiger partial charge on any atom is -0.493 e. The van der Waals surface area contributed by atoms with Crippen molar-refractivity contribution in [3.05, 3.63) is 23.8 Å². The number of benzene rings is 1. The van der Waals surface area contributed by atoms with Gasteiger partial charge in [0.05, 0.1) is 20.1 Å². The Bertz CT molecular complexity index is 420. The maximum Gasteiger partial charge on any atom is 0.161 e. The maximum atomic E-state index is 5.26. The molecule has 0 fully saturated rings. The average molecular weight is 238 g/mol. The van der Waals surface area contributed by atoms with E-state index < -0.39 is 0 Å². The van der Waals surface area contributed by atoms with E-state index in [0.29, 0.717) is 0 Å². The van der Waals surface area contributed by atoms with Crippen molar-refractivity contribution in [1.82, 2.24) is 5.01 Å². The molecule has 1 heterocycles. The van der Waals surface area contributed by atoms with Gasteiger partial charge in [-0.3, -0.25) is 5.01 Å². The third kappa shape index (κ3) is 2.09. The molecule has 0 radical (unpaired) electrons. The van der Waals surface area contributed by atoms with Gasteiger partial charge in [-0.2, -0.15) is 5.10 Å². The predicted molar refractivity (Wildman–Crippen MR) is 66.3 cm³/mol. The van der Waals surface area contributed by atoms with E-state index in [1.807, 2.05) is 30.3 Å². The van der Waals surface area contributed by atoms with E-state index in [1.54, 1.807) is 26.0 Å². The highest BCUT2D eigenvalue weighted by atomic mass is 32.2. The van der Waals surface area contributed by atoms with Crippen molar-refractivity contribution in [2.45, 2.75) is 0 Å². The number of hydrogen-bond donors (Lipinski definition) is 0. The first-order valence-electron chi connectivity index (χ1n) is 4.89. The van der Waals surface area contributed by atoms with Gasteiger partial charge in [-0.05, 0) is 18.2 Å². The highest BCUT2D eigenvalue weighted by Crippen LogP contribution is 2.30. The lowest BCUT2D eigenvalue weighted by Crippen LogP contribution is -2.02. The van der Waals surface area contributed by atoms with Gasteiger partial charge in [0.15, 0.2) is 11.5 Å². The standard InChI is InChI=1S/C11H14N2O2S/c1-13-7-16-11(12-13)8-4-5-9(14-2)10(6-8)15-3/h4-6H,7H2,1-3H3. The van der Waals surface area contributed by atoms with Gasteiger partial charge in [0, 0.05) is 12.6 Å². The highest BCUT2D eigenvalue weighted by molar-refractivity contribution is 8.14. The minimum atomic E-state index is 0.734. The summed E-state index contributed by atoms with van der Waals surface area (Å²) in [6.45, 7) is 0. The molecular weight excluding hydrogens is 224 g/mol. The summed E-state index contributed by atoms with van der Waals surface area (Å²) in [7, 11) is 5.23. The number of hydrogen-bond acceptors (Lipinski definition) is 5. The van der Waals surface area contributed by atoms with E-state index in [-0.39, 0.29) is 0 Å². The quantitative estimate of drug-likeness (QED) is 0.806. The second-order valence-electron chi connectivity index (χ2n) is 3.41. The lowest BCUT2D eigenvalue weighted by Gasteiger charge is -2.08. The van der Waals surface area contributed by atoms with Gasteiger partial charge in [0.25, 0.3) is 0 Å². The summed E-state index contributed by atoms with van der Waals surface area (Å²) in [6, 6.07) is 5.84. The summed E-state index contributed by atoms with van der Waals surface area (Å²) in [6.07, 6.45) is 0. The van der Waals surface area contributed by atoms with Crippen molar-refractivity contribution >= 4 is 16.8 Å². The Morgan fingerprint density at radius 2 is 2.00 bits per heavy atom. The SMILES string of the molecule is COc1ccc(C2=NN(C)CS2)cc1OC. The number of thioether (sulfide) groups is 1. The van der Waals surface area contributed by atoms with Gasteiger partial charge in [0.1, 0.15) is 5.04 Å². The molecule has 0 aromatic heterocycles. The smallest absolute Gasteiger partial charge is 0.161 e. The molecule has 1 aliphatic heterocycles. The van der Waals surface area contributed by atoms with Crippen molar-refractivity contribution in [2.75, 3.05) is 27.1 Å². The van der Waals surface area contributed by atoms with E-state index >= 15 is 0 Å². The molecule has 1 aromatic carbocycles. The fourth-order valence-corrected chi connectivity index (χ4v) is 2.34. The zero-order valence-electron chi connectivity index (χ0n) is 9.56. The fourth-order valence-electron chi connectivity index (χ4n) is 1.48. The molecule has 5 heteroatoms. The van der Waals surface area contributed by atoms with Gasteiger partial charge in [0.2, 0.25) is 0 Å². The van der Waals surface area contributed by atoms with Crippen molar-refractivity contribution in [3.8, 4) is 11.5 Å². The molecule has 0 atom stereocenters. The maximum absolute atomic E-state index is 5.26. The summed E-state index contributed by atoms with van der Waals surface area (Å²) in [4.78, 5) is 0. The molecule has 0 unspecified atom stereocenters. The van der Waals surface area contributed by atoms with Gasteiger partial charge >= 0.3 is 0 Å². The van der Waals surface area contributed by atoms with Crippen LogP contribution < -0.4 is 9.47 Å². The Morgan fingerprint density at radius 1 is 1.25 bits per heavy atom. The number of ether oxygens (including phenoxy) is 2. The van der Waals surface area contributed by atoms with E-state index in [0.717, 1.165) is 28.0 Å². The monoisotopic (exact) mass is 238 g/mol. The van der Waals surface area contributed by atoms with Crippen LogP contribution in [-0.4, -0.2) is 37.2 Å². The molecule has 0 spiro atoms. The molecule has 0 amide bonds. The molecule has 1 aliphatic rings. The number of methoxy groups -OCH3 is 2. The molecule has 0 bridgehead atoms. The van der Waals surface area contributed by atoms with Crippen LogP contribution in [0.5, 0.6) is 11.5 Å². The summed E-state index contributed by atoms with van der Waals surface area (Å²) >= 11 is 1.72. The van der Waals surface area contributed by atoms with Crippen LogP contribution in [0.4, 0.5) is 0 Å². The molecule has 0 saturated heterocycles. The number of nitrogens with zero attached hydrogens (tertiary/aromatic N) is 2. The normalized spacial score (nSPS) is 14.9. The summed E-state index contributed by atoms with van der Waals surface area (Å²) in [5.74, 6) is 2.37. The minimum absolute atomic E-state index is 0.734. The van der Waals surface area contributed by atoms with Gasteiger partial charge in [-0.25, -0.2) is 0 Å². The molecule has 1 aromatic rings. The van der Waals surface area contributed by atoms with E-state index in [2.05, 4.69) is 5.10 Å². The molecular formula is C11H14N2O2S. The van der Waals surface area contributed by atoms with Gasteiger partial charge in [-0.1, -0.05) is 11.8 Å². The molecule has 86 valence electrons. The fraction of sp³-hybridized carbons (Fsp3) is 0.364. The van der Waals surface area contributed by atoms with E-state index in [9.17, 15) is 0 Å². The van der Waals surface area contributed by atoms with Crippen LogP contribution in [-0.2, 0) is 0 Å². The zero-order valence-corrected chi connectivity index (χ0v) is 10.4. The molecule has 4 nitrogen and oxygen atoms in total. The first kappa shape index (κ1) is 11.1. The Balaban J connectivity index is 2.33. The van der Waals surface area contributed by atoms with Crippen molar-refractivity contribution in [3.63, 3.8) is 0 Å². The Morgan fingerprint density at radius 3 is 2.56 bits per heavy atom. The van der Waals surface area contributed by atoms with Crippen molar-refractivity contribution in [1.29, 1.82) is 0 Å². The lowest BCUT2D eigenvalue weighted by atomic mass is 10.2. The third-order valence-electron chi connectivity index (χ3n) is 2.28. The average Bonchev–Trinajstić information content (AvgIpc) is 2.75. The second kappa shape index (κ2) is 4.65. The first-order valence-corrected chi connectivity index (χ1v) is 5.88. The third-order valence-corrected chi connectivity index (χ3v) is 3.37. The van der Waals surface area contributed by atoms with Crippen LogP contribution in [0.2, 0.25) is 0 Å². The van der Waals surface area contributed by atoms with Gasteiger partial charge < -0.3 is 9.47 Å². The van der Waals surface area contributed by atoms with Crippen molar-refractivity contribution < 1.29 is 9.47 Å². The van der Waals surface area contributed by atoms with Crippen LogP contribution in [0.15, 0.2) is 23.3 Å². The summed E-state index contributed by atoms with van der Waals surface area (Å²) in [5.41, 5.74) is 1.06. The Labute approximate surface area is 99.2 Å². The van der Waals surface area contributed by atoms with Gasteiger partial charge in [-0.15, -0.1) is 0 Å². The Kier molecular flexibility index (Phi) is 3.24. The molecule has 2 rings (SSSR count). The summed E-state index contributed by atoms with van der Waals surface area (Å²) in [5, 5.41) is 7.34. The van der Waals surface area contributed by atoms with Crippen molar-refractivity contribution in [2.24, 2.45) is 5.10 Å². The van der Waals surface area contributed by atoms with E-state index in [4.69, 9.17) is 9.47 Å². The van der Waals surface area contributed by atoms with Crippen LogP contribution in [0, 0.1) is 0 Å². The molecule has 0 aliphatic carbocycles. The topological polar surface area (TPSA) is 34.1 Å². The van der Waals surface area contributed by atoms with Crippen LogP contribution in [0.1, 0.15) is 5.56 Å². The molecule has 0 saturated carbocycles. The first-order chi connectivity index (χ1) is 7.74. The van der Waals surface area contributed by atoms with E-state index in [1.165, 1.54) is 0 Å². The number of hydrazone groups is 1. The highest BCUT2D eigenvalue weighted by Gasteiger charge is 2.15. The zero-order chi connectivity index (χ0) is 11.5.